The van der Waals surface area contributed by atoms with E-state index in [1.807, 2.05) is 0 Å². The minimum absolute atomic E-state index is 0.237. The van der Waals surface area contributed by atoms with Crippen LogP contribution < -0.4 is 4.74 Å². The molecule has 0 spiro atoms. The van der Waals surface area contributed by atoms with Gasteiger partial charge in [0.15, 0.2) is 0 Å². The Kier molecular flexibility index (Phi) is 33.7. The molecule has 0 aliphatic rings. The van der Waals surface area contributed by atoms with E-state index in [9.17, 15) is 9.59 Å². The molecule has 0 heterocycles. The molecule has 0 unspecified atom stereocenters. The zero-order valence-electron chi connectivity index (χ0n) is 28.6. The van der Waals surface area contributed by atoms with Crippen LogP contribution in [0.5, 0.6) is 5.75 Å². The fourth-order valence-corrected chi connectivity index (χ4v) is 3.44. The van der Waals surface area contributed by atoms with Crippen LogP contribution in [0, 0.1) is 0 Å². The van der Waals surface area contributed by atoms with Crippen molar-refractivity contribution < 1.29 is 76.3 Å². The standard InChI is InChI=1S/C33H56O16/c34-29-31-1-3-32(4-2-31)49-28-27-47-24-23-45-20-19-43-16-15-41-12-11-39-8-7-37-5-6-38-9-10-40-13-14-42-17-18-44-21-22-46-25-26-48-30-33(35)36/h1-4,29H,5-28,30H2,(H,35,36). The summed E-state index contributed by atoms with van der Waals surface area (Å²) in [6.07, 6.45) is 0.794. The maximum Gasteiger partial charge on any atom is 0.329 e. The first kappa shape index (κ1) is 44.7. The number of carboxylic acid groups (broad SMARTS) is 1. The van der Waals surface area contributed by atoms with Gasteiger partial charge in [0.05, 0.1) is 152 Å². The lowest BCUT2D eigenvalue weighted by atomic mass is 10.2. The molecule has 0 bridgehead atoms. The summed E-state index contributed by atoms with van der Waals surface area (Å²) in [6, 6.07) is 6.91. The average molecular weight is 709 g/mol. The number of carboxylic acids is 1. The third kappa shape index (κ3) is 33.9. The van der Waals surface area contributed by atoms with Crippen molar-refractivity contribution in [3.8, 4) is 5.75 Å². The Balaban J connectivity index is 1.63. The van der Waals surface area contributed by atoms with Crippen LogP contribution in [0.2, 0.25) is 0 Å². The molecule has 0 fully saturated rings. The average Bonchev–Trinajstić information content (AvgIpc) is 3.11. The van der Waals surface area contributed by atoms with Gasteiger partial charge in [-0.2, -0.15) is 0 Å². The number of benzene rings is 1. The van der Waals surface area contributed by atoms with Crippen molar-refractivity contribution in [2.24, 2.45) is 0 Å². The van der Waals surface area contributed by atoms with E-state index in [0.29, 0.717) is 163 Å². The number of carbonyl (C=O) groups is 2. The van der Waals surface area contributed by atoms with Crippen LogP contribution in [0.15, 0.2) is 24.3 Å². The van der Waals surface area contributed by atoms with E-state index < -0.39 is 5.97 Å². The summed E-state index contributed by atoms with van der Waals surface area (Å²) in [5.41, 5.74) is 0.613. The van der Waals surface area contributed by atoms with Gasteiger partial charge in [0.2, 0.25) is 0 Å². The fraction of sp³-hybridized carbons (Fsp3) is 0.758. The summed E-state index contributed by atoms with van der Waals surface area (Å²) in [6.45, 7) is 10.6. The molecule has 0 aliphatic carbocycles. The Bertz CT molecular complexity index is 844. The lowest BCUT2D eigenvalue weighted by Crippen LogP contribution is -2.16. The van der Waals surface area contributed by atoms with E-state index in [1.165, 1.54) is 0 Å². The SMILES string of the molecule is O=Cc1ccc(OCCOCCOCCOCCOCCOCCOCCOCCOCCOCCOCCOCCOCC(=O)O)cc1. The molecule has 0 saturated heterocycles. The van der Waals surface area contributed by atoms with E-state index in [1.54, 1.807) is 24.3 Å². The first-order valence-electron chi connectivity index (χ1n) is 16.5. The highest BCUT2D eigenvalue weighted by molar-refractivity contribution is 5.74. The van der Waals surface area contributed by atoms with Crippen molar-refractivity contribution in [2.45, 2.75) is 0 Å². The highest BCUT2D eigenvalue weighted by Gasteiger charge is 1.99. The van der Waals surface area contributed by atoms with Gasteiger partial charge in [-0.05, 0) is 24.3 Å². The number of hydrogen-bond acceptors (Lipinski definition) is 15. The second kappa shape index (κ2) is 36.9. The van der Waals surface area contributed by atoms with Crippen LogP contribution in [0.3, 0.4) is 0 Å². The van der Waals surface area contributed by atoms with Crippen molar-refractivity contribution in [1.82, 2.24) is 0 Å². The monoisotopic (exact) mass is 708 g/mol. The van der Waals surface area contributed by atoms with E-state index in [0.717, 1.165) is 6.29 Å². The third-order valence-corrected chi connectivity index (χ3v) is 5.83. The number of rotatable bonds is 40. The lowest BCUT2D eigenvalue weighted by Gasteiger charge is -2.09. The third-order valence-electron chi connectivity index (χ3n) is 5.83. The molecule has 0 aromatic heterocycles. The largest absolute Gasteiger partial charge is 0.491 e. The predicted octanol–water partition coefficient (Wildman–Crippen LogP) is 1.16. The van der Waals surface area contributed by atoms with Gasteiger partial charge in [-0.15, -0.1) is 0 Å². The highest BCUT2D eigenvalue weighted by atomic mass is 16.6. The second-order valence-corrected chi connectivity index (χ2v) is 9.72. The predicted molar refractivity (Wildman–Crippen MR) is 175 cm³/mol. The van der Waals surface area contributed by atoms with Gasteiger partial charge < -0.3 is 66.7 Å². The topological polar surface area (TPSA) is 174 Å². The van der Waals surface area contributed by atoms with E-state index in [-0.39, 0.29) is 13.2 Å². The number of hydrogen-bond donors (Lipinski definition) is 1. The number of aliphatic carboxylic acids is 1. The molecule has 1 aromatic carbocycles. The summed E-state index contributed by atoms with van der Waals surface area (Å²) in [5.74, 6) is -0.301. The summed E-state index contributed by atoms with van der Waals surface area (Å²) in [5, 5.41) is 8.43. The molecule has 16 heteroatoms. The molecule has 16 nitrogen and oxygen atoms in total. The Labute approximate surface area is 289 Å². The van der Waals surface area contributed by atoms with Gasteiger partial charge in [-0.1, -0.05) is 0 Å². The van der Waals surface area contributed by atoms with Crippen molar-refractivity contribution in [2.75, 3.05) is 165 Å². The van der Waals surface area contributed by atoms with E-state index >= 15 is 0 Å². The van der Waals surface area contributed by atoms with Crippen molar-refractivity contribution in [3.63, 3.8) is 0 Å². The van der Waals surface area contributed by atoms with Gasteiger partial charge in [0, 0.05) is 5.56 Å². The van der Waals surface area contributed by atoms with Crippen molar-refractivity contribution in [3.05, 3.63) is 29.8 Å². The Morgan fingerprint density at radius 2 is 0.653 bits per heavy atom. The Hall–Kier alpha value is -2.32. The number of aldehydes is 1. The van der Waals surface area contributed by atoms with Crippen molar-refractivity contribution >= 4 is 12.3 Å². The van der Waals surface area contributed by atoms with E-state index in [2.05, 4.69) is 0 Å². The zero-order chi connectivity index (χ0) is 35.1. The quantitative estimate of drug-likeness (QED) is 0.0759. The molecule has 49 heavy (non-hydrogen) atoms. The van der Waals surface area contributed by atoms with Crippen molar-refractivity contribution in [1.29, 1.82) is 0 Å². The molecule has 0 radical (unpaired) electrons. The van der Waals surface area contributed by atoms with Crippen LogP contribution in [-0.2, 0) is 61.6 Å². The van der Waals surface area contributed by atoms with Gasteiger partial charge in [-0.3, -0.25) is 4.79 Å². The summed E-state index contributed by atoms with van der Waals surface area (Å²) < 4.78 is 70.1. The van der Waals surface area contributed by atoms with Gasteiger partial charge in [-0.25, -0.2) is 4.79 Å². The molecule has 1 rings (SSSR count). The maximum absolute atomic E-state index is 10.6. The molecular formula is C33H56O16. The molecule has 1 N–H and O–H groups in total. The Morgan fingerprint density at radius 1 is 0.408 bits per heavy atom. The van der Waals surface area contributed by atoms with Crippen LogP contribution >= 0.6 is 0 Å². The molecule has 0 atom stereocenters. The minimum Gasteiger partial charge on any atom is -0.491 e. The fourth-order valence-electron chi connectivity index (χ4n) is 3.44. The Morgan fingerprint density at radius 3 is 0.898 bits per heavy atom. The summed E-state index contributed by atoms with van der Waals surface area (Å²) >= 11 is 0. The number of ether oxygens (including phenoxy) is 13. The minimum atomic E-state index is -0.999. The number of carbonyl (C=O) groups excluding carboxylic acids is 1. The van der Waals surface area contributed by atoms with Gasteiger partial charge in [0.1, 0.15) is 25.2 Å². The summed E-state index contributed by atoms with van der Waals surface area (Å²) in [4.78, 5) is 20.9. The molecule has 284 valence electrons. The summed E-state index contributed by atoms with van der Waals surface area (Å²) in [7, 11) is 0. The van der Waals surface area contributed by atoms with Gasteiger partial charge in [0.25, 0.3) is 0 Å². The van der Waals surface area contributed by atoms with Crippen LogP contribution in [0.1, 0.15) is 10.4 Å². The normalized spacial score (nSPS) is 11.3. The van der Waals surface area contributed by atoms with Crippen LogP contribution in [-0.4, -0.2) is 183 Å². The molecule has 0 aliphatic heterocycles. The van der Waals surface area contributed by atoms with Crippen LogP contribution in [0.4, 0.5) is 0 Å². The molecule has 0 saturated carbocycles. The van der Waals surface area contributed by atoms with Crippen LogP contribution in [0.25, 0.3) is 0 Å². The smallest absolute Gasteiger partial charge is 0.329 e. The van der Waals surface area contributed by atoms with E-state index in [4.69, 9.17) is 66.7 Å². The molecular weight excluding hydrogens is 652 g/mol. The maximum atomic E-state index is 10.6. The molecule has 1 aromatic rings. The highest BCUT2D eigenvalue weighted by Crippen LogP contribution is 2.10. The second-order valence-electron chi connectivity index (χ2n) is 9.72. The first-order chi connectivity index (χ1) is 24.2. The molecule has 0 amide bonds. The zero-order valence-corrected chi connectivity index (χ0v) is 28.6. The lowest BCUT2D eigenvalue weighted by molar-refractivity contribution is -0.142. The van der Waals surface area contributed by atoms with Gasteiger partial charge >= 0.3 is 5.97 Å². The first-order valence-corrected chi connectivity index (χ1v) is 16.5.